The van der Waals surface area contributed by atoms with E-state index in [2.05, 4.69) is 23.0 Å². The van der Waals surface area contributed by atoms with Crippen molar-refractivity contribution in [1.29, 1.82) is 0 Å². The molecule has 6 N–H and O–H groups in total. The molecule has 0 aliphatic carbocycles. The Morgan fingerprint density at radius 3 is 1.95 bits per heavy atom. The monoisotopic (exact) mass is 322 g/mol. The molecule has 1 rings (SSSR count). The molecular weight excluding hydrogens is 300 g/mol. The summed E-state index contributed by atoms with van der Waals surface area (Å²) in [6.45, 7) is 5.77. The van der Waals surface area contributed by atoms with Gasteiger partial charge in [-0.15, -0.1) is 0 Å². The highest BCUT2D eigenvalue weighted by molar-refractivity contribution is 7.80. The normalized spacial score (nSPS) is 10.8. The van der Waals surface area contributed by atoms with E-state index in [1.807, 2.05) is 0 Å². The predicted molar refractivity (Wildman–Crippen MR) is 78.3 cm³/mol. The first kappa shape index (κ1) is 19.2. The first-order chi connectivity index (χ1) is 9.28. The van der Waals surface area contributed by atoms with Gasteiger partial charge in [0.2, 0.25) is 0 Å². The number of rotatable bonds is 7. The molecule has 0 aliphatic heterocycles. The maximum absolute atomic E-state index is 10.7. The van der Waals surface area contributed by atoms with Crippen LogP contribution in [0.5, 0.6) is 0 Å². The van der Waals surface area contributed by atoms with Crippen LogP contribution in [0.2, 0.25) is 0 Å². The zero-order valence-electron chi connectivity index (χ0n) is 12.1. The number of hydrogen-bond acceptors (Lipinski definition) is 7. The average Bonchev–Trinajstić information content (AvgIpc) is 2.32. The smallest absolute Gasteiger partial charge is 0.476 e. The van der Waals surface area contributed by atoms with Crippen LogP contribution in [-0.2, 0) is 10.4 Å². The van der Waals surface area contributed by atoms with Gasteiger partial charge in [-0.05, 0) is 17.6 Å². The summed E-state index contributed by atoms with van der Waals surface area (Å²) in [7, 11) is -4.69. The molecule has 0 aliphatic rings. The number of nitrogen functional groups attached to an aromatic ring is 2. The first-order valence-corrected chi connectivity index (χ1v) is 7.68. The van der Waals surface area contributed by atoms with Gasteiger partial charge in [0.05, 0.1) is 5.69 Å². The van der Waals surface area contributed by atoms with Gasteiger partial charge in [0.1, 0.15) is 0 Å². The van der Waals surface area contributed by atoms with Crippen molar-refractivity contribution in [2.75, 3.05) is 29.5 Å². The van der Waals surface area contributed by atoms with Crippen LogP contribution in [-0.4, -0.2) is 31.5 Å². The van der Waals surface area contributed by atoms with Gasteiger partial charge in [-0.1, -0.05) is 13.8 Å². The summed E-state index contributed by atoms with van der Waals surface area (Å²) in [5, 5.41) is 0. The molecule has 1 aromatic heterocycles. The highest BCUT2D eigenvalue weighted by Crippen LogP contribution is 2.19. The number of aromatic nitrogens is 1. The molecule has 9 nitrogen and oxygen atoms in total. The van der Waals surface area contributed by atoms with Crippen molar-refractivity contribution in [3.05, 3.63) is 12.1 Å². The molecule has 21 heavy (non-hydrogen) atoms. The number of pyridine rings is 1. The van der Waals surface area contributed by atoms with Gasteiger partial charge in [-0.2, -0.15) is 8.42 Å². The number of hydrogen-bond donors (Lipinski definition) is 3. The first-order valence-electron chi connectivity index (χ1n) is 6.31. The van der Waals surface area contributed by atoms with Gasteiger partial charge < -0.3 is 21.8 Å². The fourth-order valence-electron chi connectivity index (χ4n) is 1.88. The molecule has 0 atom stereocenters. The van der Waals surface area contributed by atoms with Crippen LogP contribution < -0.4 is 25.4 Å². The second kappa shape index (κ2) is 7.86. The molecule has 0 amide bonds. The molecule has 0 radical (unpaired) electrons. The summed E-state index contributed by atoms with van der Waals surface area (Å²) in [4.78, 5) is 2.09. The number of anilines is 3. The SMILES string of the molecule is CCCN(CCC)c1cc(N)[n+](OS(=O)(=O)O)c(N)c1.[OH-]. The van der Waals surface area contributed by atoms with Gasteiger partial charge in [0.25, 0.3) is 11.6 Å². The zero-order valence-corrected chi connectivity index (χ0v) is 12.9. The lowest BCUT2D eigenvalue weighted by molar-refractivity contribution is -0.833. The molecule has 1 heterocycles. The van der Waals surface area contributed by atoms with Gasteiger partial charge in [-0.3, -0.25) is 4.55 Å². The van der Waals surface area contributed by atoms with Crippen molar-refractivity contribution < 1.29 is 27.5 Å². The molecule has 10 heteroatoms. The van der Waals surface area contributed by atoms with E-state index in [9.17, 15) is 8.42 Å². The highest BCUT2D eigenvalue weighted by atomic mass is 32.3. The van der Waals surface area contributed by atoms with E-state index >= 15 is 0 Å². The van der Waals surface area contributed by atoms with Crippen molar-refractivity contribution >= 4 is 27.7 Å². The van der Waals surface area contributed by atoms with Crippen LogP contribution in [0.1, 0.15) is 26.7 Å². The Morgan fingerprint density at radius 1 is 1.19 bits per heavy atom. The third kappa shape index (κ3) is 5.61. The Labute approximate surface area is 124 Å². The van der Waals surface area contributed by atoms with Gasteiger partial charge in [-0.25, -0.2) is 4.28 Å². The molecule has 0 saturated heterocycles. The van der Waals surface area contributed by atoms with Crippen LogP contribution in [0.4, 0.5) is 17.3 Å². The molecule has 0 saturated carbocycles. The summed E-state index contributed by atoms with van der Waals surface area (Å²) in [6.07, 6.45) is 1.91. The minimum atomic E-state index is -4.69. The lowest BCUT2D eigenvalue weighted by atomic mass is 10.2. The summed E-state index contributed by atoms with van der Waals surface area (Å²) < 4.78 is 35.1. The van der Waals surface area contributed by atoms with Crippen LogP contribution >= 0.6 is 0 Å². The Bertz CT molecular complexity index is 535. The van der Waals surface area contributed by atoms with E-state index in [1.54, 1.807) is 12.1 Å². The van der Waals surface area contributed by atoms with E-state index in [4.69, 9.17) is 16.0 Å². The Balaban J connectivity index is 0.00000400. The quantitative estimate of drug-likeness (QED) is 0.461. The molecule has 0 bridgehead atoms. The van der Waals surface area contributed by atoms with Gasteiger partial charge >= 0.3 is 10.4 Å². The van der Waals surface area contributed by atoms with Crippen molar-refractivity contribution in [2.24, 2.45) is 0 Å². The molecule has 0 unspecified atom stereocenters. The van der Waals surface area contributed by atoms with Crippen LogP contribution in [0, 0.1) is 0 Å². The van der Waals surface area contributed by atoms with E-state index in [1.165, 1.54) is 0 Å². The van der Waals surface area contributed by atoms with E-state index < -0.39 is 10.4 Å². The highest BCUT2D eigenvalue weighted by Gasteiger charge is 2.19. The Morgan fingerprint density at radius 2 is 1.62 bits per heavy atom. The molecule has 122 valence electrons. The second-order valence-electron chi connectivity index (χ2n) is 4.35. The van der Waals surface area contributed by atoms with Crippen molar-refractivity contribution in [3.8, 4) is 0 Å². The number of nitrogens with two attached hydrogens (primary N) is 2. The minimum Gasteiger partial charge on any atom is -0.870 e. The van der Waals surface area contributed by atoms with Crippen molar-refractivity contribution in [2.45, 2.75) is 26.7 Å². The zero-order chi connectivity index (χ0) is 15.3. The molecule has 0 spiro atoms. The Hall–Kier alpha value is -1.78. The largest absolute Gasteiger partial charge is 0.870 e. The molecular formula is C11H22N4O5S. The van der Waals surface area contributed by atoms with Gasteiger partial charge in [0, 0.05) is 25.2 Å². The summed E-state index contributed by atoms with van der Waals surface area (Å²) in [5.74, 6) is -0.0373. The lowest BCUT2D eigenvalue weighted by Crippen LogP contribution is -2.50. The summed E-state index contributed by atoms with van der Waals surface area (Å²) in [6, 6.07) is 3.10. The van der Waals surface area contributed by atoms with Crippen molar-refractivity contribution in [3.63, 3.8) is 0 Å². The van der Waals surface area contributed by atoms with E-state index in [0.717, 1.165) is 31.6 Å². The molecule has 0 aromatic carbocycles. The molecule has 0 fully saturated rings. The van der Waals surface area contributed by atoms with E-state index in [0.29, 0.717) is 4.73 Å². The molecule has 1 aromatic rings. The predicted octanol–water partition coefficient (Wildman–Crippen LogP) is -0.180. The number of nitrogens with zero attached hydrogens (tertiary/aromatic N) is 2. The van der Waals surface area contributed by atoms with Crippen LogP contribution in [0.25, 0.3) is 0 Å². The lowest BCUT2D eigenvalue weighted by Gasteiger charge is -2.23. The fourth-order valence-corrected chi connectivity index (χ4v) is 2.24. The Kier molecular flexibility index (Phi) is 7.19. The van der Waals surface area contributed by atoms with Crippen LogP contribution in [0.3, 0.4) is 0 Å². The topological polar surface area (TPSA) is 153 Å². The average molecular weight is 322 g/mol. The maximum atomic E-state index is 10.7. The van der Waals surface area contributed by atoms with Crippen molar-refractivity contribution in [1.82, 2.24) is 0 Å². The van der Waals surface area contributed by atoms with E-state index in [-0.39, 0.29) is 17.1 Å². The van der Waals surface area contributed by atoms with Gasteiger partial charge in [0.15, 0.2) is 0 Å². The standard InChI is InChI=1S/C11H20N4O4S.H2O/c1-3-5-14(6-4-2)9-7-10(12)15(11(13)8-9)19-20(16,17)18;/h7-8H,3-6H2,1-2H3,(H4,12,13,16,17,18);1H2. The minimum absolute atomic E-state index is 0. The maximum Gasteiger partial charge on any atom is 0.476 e. The second-order valence-corrected chi connectivity index (χ2v) is 5.35. The van der Waals surface area contributed by atoms with Crippen LogP contribution in [0.15, 0.2) is 12.1 Å². The third-order valence-electron chi connectivity index (χ3n) is 2.58. The fraction of sp³-hybridized carbons (Fsp3) is 0.545. The third-order valence-corrected chi connectivity index (χ3v) is 2.92. The summed E-state index contributed by atoms with van der Waals surface area (Å²) >= 11 is 0. The summed E-state index contributed by atoms with van der Waals surface area (Å²) in [5.41, 5.74) is 12.2.